The fourth-order valence-electron chi connectivity index (χ4n) is 1.48. The number of carbonyl (C=O) groups excluding carboxylic acids is 1. The first-order valence-electron chi connectivity index (χ1n) is 4.69. The minimum Gasteiger partial charge on any atom is -0.291 e. The van der Waals surface area contributed by atoms with Crippen molar-refractivity contribution in [3.05, 3.63) is 36.5 Å². The third-order valence-electron chi connectivity index (χ3n) is 2.23. The van der Waals surface area contributed by atoms with Crippen molar-refractivity contribution in [3.63, 3.8) is 0 Å². The van der Waals surface area contributed by atoms with E-state index in [1.54, 1.807) is 23.2 Å². The lowest BCUT2D eigenvalue weighted by Gasteiger charge is -2.31. The van der Waals surface area contributed by atoms with Crippen LogP contribution >= 0.6 is 11.6 Å². The predicted octanol–water partition coefficient (Wildman–Crippen LogP) is 1.98. The number of hydrogen-bond acceptors (Lipinski definition) is 2. The summed E-state index contributed by atoms with van der Waals surface area (Å²) in [6.45, 7) is 2.31. The molecule has 15 heavy (non-hydrogen) atoms. The number of nitrogens with zero attached hydrogens (tertiary/aromatic N) is 2. The van der Waals surface area contributed by atoms with Crippen molar-refractivity contribution in [1.29, 1.82) is 0 Å². The molecule has 0 saturated carbocycles. The highest BCUT2D eigenvalue weighted by Gasteiger charge is 2.29. The van der Waals surface area contributed by atoms with Gasteiger partial charge in [0.05, 0.1) is 11.4 Å². The van der Waals surface area contributed by atoms with Gasteiger partial charge in [-0.05, 0) is 19.1 Å². The average molecular weight is 223 g/mol. The Balaban J connectivity index is 2.31. The van der Waals surface area contributed by atoms with Crippen molar-refractivity contribution >= 4 is 23.3 Å². The molecule has 78 valence electrons. The maximum Gasteiger partial charge on any atom is 0.251 e. The standard InChI is InChI=1S/C11H11ClN2O/c1-11(12)6-5-10(15)14(8-11)9-4-2-3-7-13-9/h2-7H,8H2,1H3. The molecular weight excluding hydrogens is 212 g/mol. The molecule has 1 aliphatic heterocycles. The molecule has 4 heteroatoms. The zero-order valence-corrected chi connectivity index (χ0v) is 9.11. The fraction of sp³-hybridized carbons (Fsp3) is 0.273. The van der Waals surface area contributed by atoms with E-state index in [0.29, 0.717) is 12.4 Å². The summed E-state index contributed by atoms with van der Waals surface area (Å²) in [4.78, 5) is 16.8. The van der Waals surface area contributed by atoms with Crippen LogP contribution in [0.2, 0.25) is 0 Å². The number of alkyl halides is 1. The highest BCUT2D eigenvalue weighted by molar-refractivity contribution is 6.26. The second-order valence-corrected chi connectivity index (χ2v) is 4.59. The molecule has 1 aromatic heterocycles. The molecule has 0 bridgehead atoms. The molecule has 0 spiro atoms. The first kappa shape index (κ1) is 10.2. The molecule has 0 radical (unpaired) electrons. The monoisotopic (exact) mass is 222 g/mol. The molecule has 2 heterocycles. The molecule has 0 aromatic carbocycles. The van der Waals surface area contributed by atoms with Gasteiger partial charge in [0.2, 0.25) is 0 Å². The molecule has 2 rings (SSSR count). The SMILES string of the molecule is CC1(Cl)C=CC(=O)N(c2ccccn2)C1. The summed E-state index contributed by atoms with van der Waals surface area (Å²) < 4.78 is 0. The topological polar surface area (TPSA) is 33.2 Å². The third kappa shape index (κ3) is 2.18. The summed E-state index contributed by atoms with van der Waals surface area (Å²) in [5.41, 5.74) is 0. The number of halogens is 1. The number of pyridine rings is 1. The van der Waals surface area contributed by atoms with Gasteiger partial charge >= 0.3 is 0 Å². The Morgan fingerprint density at radius 2 is 2.33 bits per heavy atom. The Morgan fingerprint density at radius 1 is 1.53 bits per heavy atom. The van der Waals surface area contributed by atoms with Gasteiger partial charge in [0.25, 0.3) is 5.91 Å². The van der Waals surface area contributed by atoms with Crippen LogP contribution in [0.15, 0.2) is 36.5 Å². The molecule has 0 aliphatic carbocycles. The molecule has 0 saturated heterocycles. The maximum absolute atomic E-state index is 11.6. The minimum absolute atomic E-state index is 0.0770. The van der Waals surface area contributed by atoms with Crippen molar-refractivity contribution in [2.45, 2.75) is 11.8 Å². The van der Waals surface area contributed by atoms with Crippen LogP contribution in [-0.4, -0.2) is 22.3 Å². The molecule has 1 aromatic rings. The van der Waals surface area contributed by atoms with Crippen LogP contribution in [-0.2, 0) is 4.79 Å². The Labute approximate surface area is 93.4 Å². The van der Waals surface area contributed by atoms with E-state index in [9.17, 15) is 4.79 Å². The number of anilines is 1. The Kier molecular flexibility index (Phi) is 2.49. The Hall–Kier alpha value is -1.35. The summed E-state index contributed by atoms with van der Waals surface area (Å²) in [7, 11) is 0. The summed E-state index contributed by atoms with van der Waals surface area (Å²) in [5.74, 6) is 0.561. The average Bonchev–Trinajstić information content (AvgIpc) is 2.23. The van der Waals surface area contributed by atoms with Crippen molar-refractivity contribution in [3.8, 4) is 0 Å². The van der Waals surface area contributed by atoms with Crippen LogP contribution in [0.1, 0.15) is 6.92 Å². The molecule has 0 N–H and O–H groups in total. The van der Waals surface area contributed by atoms with E-state index >= 15 is 0 Å². The van der Waals surface area contributed by atoms with Crippen molar-refractivity contribution < 1.29 is 4.79 Å². The van der Waals surface area contributed by atoms with Crippen molar-refractivity contribution in [2.24, 2.45) is 0 Å². The largest absolute Gasteiger partial charge is 0.291 e. The zero-order chi connectivity index (χ0) is 10.9. The van der Waals surface area contributed by atoms with E-state index in [1.165, 1.54) is 6.08 Å². The van der Waals surface area contributed by atoms with E-state index in [1.807, 2.05) is 19.1 Å². The molecule has 3 nitrogen and oxygen atoms in total. The number of carbonyl (C=O) groups is 1. The van der Waals surface area contributed by atoms with E-state index < -0.39 is 4.87 Å². The predicted molar refractivity (Wildman–Crippen MR) is 60.0 cm³/mol. The first-order chi connectivity index (χ1) is 7.08. The molecule has 1 amide bonds. The number of rotatable bonds is 1. The van der Waals surface area contributed by atoms with Crippen LogP contribution in [0.3, 0.4) is 0 Å². The highest BCUT2D eigenvalue weighted by Crippen LogP contribution is 2.25. The summed E-state index contributed by atoms with van der Waals surface area (Å²) in [5, 5.41) is 0. The van der Waals surface area contributed by atoms with Crippen LogP contribution in [0.4, 0.5) is 5.82 Å². The van der Waals surface area contributed by atoms with E-state index in [2.05, 4.69) is 4.98 Å². The summed E-state index contributed by atoms with van der Waals surface area (Å²) in [6.07, 6.45) is 4.87. The quantitative estimate of drug-likeness (QED) is 0.681. The lowest BCUT2D eigenvalue weighted by molar-refractivity contribution is -0.114. The van der Waals surface area contributed by atoms with Crippen molar-refractivity contribution in [2.75, 3.05) is 11.4 Å². The third-order valence-corrected chi connectivity index (χ3v) is 2.48. The van der Waals surface area contributed by atoms with E-state index in [4.69, 9.17) is 11.6 Å². The van der Waals surface area contributed by atoms with Gasteiger partial charge in [-0.3, -0.25) is 9.69 Å². The van der Waals surface area contributed by atoms with Gasteiger partial charge in [-0.15, -0.1) is 11.6 Å². The molecule has 0 fully saturated rings. The second kappa shape index (κ2) is 3.66. The molecule has 1 unspecified atom stereocenters. The number of hydrogen-bond donors (Lipinski definition) is 0. The normalized spacial score (nSPS) is 25.7. The lowest BCUT2D eigenvalue weighted by atomic mass is 10.1. The summed E-state index contributed by atoms with van der Waals surface area (Å²) >= 11 is 6.17. The summed E-state index contributed by atoms with van der Waals surface area (Å²) in [6, 6.07) is 5.46. The fourth-order valence-corrected chi connectivity index (χ4v) is 1.66. The van der Waals surface area contributed by atoms with Gasteiger partial charge in [0, 0.05) is 12.3 Å². The molecular formula is C11H11ClN2O. The minimum atomic E-state index is -0.509. The number of amides is 1. The van der Waals surface area contributed by atoms with Gasteiger partial charge in [0.15, 0.2) is 0 Å². The second-order valence-electron chi connectivity index (χ2n) is 3.72. The molecule has 1 aliphatic rings. The highest BCUT2D eigenvalue weighted by atomic mass is 35.5. The van der Waals surface area contributed by atoms with Crippen LogP contribution in [0.25, 0.3) is 0 Å². The van der Waals surface area contributed by atoms with Gasteiger partial charge in [0.1, 0.15) is 5.82 Å². The smallest absolute Gasteiger partial charge is 0.251 e. The van der Waals surface area contributed by atoms with Crippen LogP contribution in [0, 0.1) is 0 Å². The first-order valence-corrected chi connectivity index (χ1v) is 5.07. The zero-order valence-electron chi connectivity index (χ0n) is 8.35. The molecule has 1 atom stereocenters. The van der Waals surface area contributed by atoms with E-state index in [0.717, 1.165) is 0 Å². The van der Waals surface area contributed by atoms with Crippen LogP contribution in [0.5, 0.6) is 0 Å². The van der Waals surface area contributed by atoms with Gasteiger partial charge in [-0.25, -0.2) is 4.98 Å². The van der Waals surface area contributed by atoms with E-state index in [-0.39, 0.29) is 5.91 Å². The Morgan fingerprint density at radius 3 is 3.00 bits per heavy atom. The van der Waals surface area contributed by atoms with Gasteiger partial charge < -0.3 is 0 Å². The van der Waals surface area contributed by atoms with Gasteiger partial charge in [-0.2, -0.15) is 0 Å². The van der Waals surface area contributed by atoms with Crippen molar-refractivity contribution in [1.82, 2.24) is 4.98 Å². The Bertz CT molecular complexity index is 400. The maximum atomic E-state index is 11.6. The lowest BCUT2D eigenvalue weighted by Crippen LogP contribution is -2.43. The van der Waals surface area contributed by atoms with Gasteiger partial charge in [-0.1, -0.05) is 12.1 Å². The number of aromatic nitrogens is 1. The van der Waals surface area contributed by atoms with Crippen LogP contribution < -0.4 is 4.90 Å².